The summed E-state index contributed by atoms with van der Waals surface area (Å²) in [7, 11) is 0. The van der Waals surface area contributed by atoms with Gasteiger partial charge in [-0.05, 0) is 36.6 Å². The number of aryl methyl sites for hydroxylation is 1. The van der Waals surface area contributed by atoms with E-state index in [1.54, 1.807) is 12.1 Å². The third-order valence-corrected chi connectivity index (χ3v) is 5.30. The summed E-state index contributed by atoms with van der Waals surface area (Å²) in [4.78, 5) is 16.6. The Bertz CT molecular complexity index is 1130. The standard InChI is InChI=1S/C23H23ClFN5O/c1-13(2)11-20(31)27-22-28-23-26-18(15-9-7-14(3)8-10-15)12-19(30(23)29-22)21-16(24)5-4-6-17(21)25/h4-10,12-13,19H,11H2,1-3H3,(H2,26,27,28,29,31)/t19-/m1/s1. The Morgan fingerprint density at radius 1 is 1.26 bits per heavy atom. The van der Waals surface area contributed by atoms with Gasteiger partial charge in [-0.1, -0.05) is 61.3 Å². The molecule has 2 aromatic carbocycles. The van der Waals surface area contributed by atoms with Gasteiger partial charge < -0.3 is 5.32 Å². The Kier molecular flexibility index (Phi) is 5.78. The second-order valence-corrected chi connectivity index (χ2v) is 8.41. The molecule has 8 heteroatoms. The van der Waals surface area contributed by atoms with Crippen LogP contribution >= 0.6 is 11.6 Å². The SMILES string of the molecule is Cc1ccc(C2=C[C@H](c3c(F)cccc3Cl)n3nc(NC(=O)CC(C)C)nc3N2)cc1. The zero-order valence-electron chi connectivity index (χ0n) is 17.5. The number of nitrogens with zero attached hydrogens (tertiary/aromatic N) is 3. The van der Waals surface area contributed by atoms with Gasteiger partial charge in [-0.3, -0.25) is 10.1 Å². The Morgan fingerprint density at radius 2 is 2.00 bits per heavy atom. The van der Waals surface area contributed by atoms with Gasteiger partial charge in [-0.25, -0.2) is 9.07 Å². The van der Waals surface area contributed by atoms with Crippen LogP contribution in [0.5, 0.6) is 0 Å². The molecule has 3 aromatic rings. The van der Waals surface area contributed by atoms with Crippen molar-refractivity contribution in [3.63, 3.8) is 0 Å². The second kappa shape index (κ2) is 8.51. The maximum absolute atomic E-state index is 14.8. The molecule has 0 saturated carbocycles. The number of anilines is 2. The van der Waals surface area contributed by atoms with Crippen molar-refractivity contribution >= 4 is 35.1 Å². The van der Waals surface area contributed by atoms with E-state index in [4.69, 9.17) is 11.6 Å². The third-order valence-electron chi connectivity index (χ3n) is 4.97. The van der Waals surface area contributed by atoms with Crippen LogP contribution in [0.15, 0.2) is 48.5 Å². The number of fused-ring (bicyclic) bond motifs is 1. The largest absolute Gasteiger partial charge is 0.324 e. The zero-order chi connectivity index (χ0) is 22.1. The Morgan fingerprint density at radius 3 is 2.68 bits per heavy atom. The fourth-order valence-electron chi connectivity index (χ4n) is 3.49. The fraction of sp³-hybridized carbons (Fsp3) is 0.261. The van der Waals surface area contributed by atoms with E-state index in [0.29, 0.717) is 23.0 Å². The van der Waals surface area contributed by atoms with E-state index in [1.807, 2.05) is 51.1 Å². The van der Waals surface area contributed by atoms with Crippen LogP contribution in [0, 0.1) is 18.7 Å². The van der Waals surface area contributed by atoms with Crippen LogP contribution in [-0.4, -0.2) is 20.7 Å². The number of allylic oxidation sites excluding steroid dienone is 1. The zero-order valence-corrected chi connectivity index (χ0v) is 18.2. The van der Waals surface area contributed by atoms with Gasteiger partial charge in [0.05, 0.1) is 0 Å². The van der Waals surface area contributed by atoms with Crippen LogP contribution in [0.2, 0.25) is 5.02 Å². The third kappa shape index (κ3) is 4.46. The molecule has 1 aromatic heterocycles. The van der Waals surface area contributed by atoms with E-state index < -0.39 is 11.9 Å². The van der Waals surface area contributed by atoms with Crippen molar-refractivity contribution in [3.8, 4) is 0 Å². The number of rotatable bonds is 5. The molecule has 1 aliphatic rings. The van der Waals surface area contributed by atoms with E-state index >= 15 is 0 Å². The minimum absolute atomic E-state index is 0.157. The topological polar surface area (TPSA) is 71.8 Å². The van der Waals surface area contributed by atoms with E-state index in [2.05, 4.69) is 20.7 Å². The van der Waals surface area contributed by atoms with Gasteiger partial charge in [0, 0.05) is 22.7 Å². The van der Waals surface area contributed by atoms with Gasteiger partial charge >= 0.3 is 0 Å². The number of amides is 1. The molecule has 6 nitrogen and oxygen atoms in total. The quantitative estimate of drug-likeness (QED) is 0.556. The molecule has 0 saturated heterocycles. The summed E-state index contributed by atoms with van der Waals surface area (Å²) >= 11 is 6.37. The molecule has 0 fully saturated rings. The maximum atomic E-state index is 14.8. The molecule has 1 aliphatic heterocycles. The van der Waals surface area contributed by atoms with Crippen molar-refractivity contribution in [2.45, 2.75) is 33.2 Å². The molecule has 4 rings (SSSR count). The van der Waals surface area contributed by atoms with Gasteiger partial charge in [0.15, 0.2) is 0 Å². The minimum Gasteiger partial charge on any atom is -0.324 e. The number of nitrogens with one attached hydrogen (secondary N) is 2. The number of hydrogen-bond acceptors (Lipinski definition) is 4. The van der Waals surface area contributed by atoms with E-state index in [0.717, 1.165) is 16.8 Å². The number of carbonyl (C=O) groups excluding carboxylic acids is 1. The summed E-state index contributed by atoms with van der Waals surface area (Å²) in [5, 5.41) is 10.7. The van der Waals surface area contributed by atoms with Crippen molar-refractivity contribution in [1.29, 1.82) is 0 Å². The van der Waals surface area contributed by atoms with Crippen molar-refractivity contribution < 1.29 is 9.18 Å². The first-order valence-corrected chi connectivity index (χ1v) is 10.5. The molecule has 160 valence electrons. The Labute approximate surface area is 185 Å². The van der Waals surface area contributed by atoms with Gasteiger partial charge in [-0.15, -0.1) is 5.10 Å². The van der Waals surface area contributed by atoms with Crippen LogP contribution in [-0.2, 0) is 4.79 Å². The average Bonchev–Trinajstić information content (AvgIpc) is 3.10. The number of benzene rings is 2. The lowest BCUT2D eigenvalue weighted by atomic mass is 10.0. The normalized spacial score (nSPS) is 15.3. The van der Waals surface area contributed by atoms with Crippen LogP contribution < -0.4 is 10.6 Å². The number of hydrogen-bond donors (Lipinski definition) is 2. The highest BCUT2D eigenvalue weighted by Gasteiger charge is 2.29. The summed E-state index contributed by atoms with van der Waals surface area (Å²) in [6.07, 6.45) is 2.21. The molecule has 0 bridgehead atoms. The number of carbonyl (C=O) groups is 1. The van der Waals surface area contributed by atoms with Crippen LogP contribution in [0.4, 0.5) is 16.3 Å². The smallest absolute Gasteiger partial charge is 0.250 e. The van der Waals surface area contributed by atoms with Crippen molar-refractivity contribution in [1.82, 2.24) is 14.8 Å². The first-order valence-electron chi connectivity index (χ1n) is 10.1. The molecule has 0 unspecified atom stereocenters. The molecule has 1 atom stereocenters. The second-order valence-electron chi connectivity index (χ2n) is 8.00. The lowest BCUT2D eigenvalue weighted by Crippen LogP contribution is -2.21. The molecule has 31 heavy (non-hydrogen) atoms. The van der Waals surface area contributed by atoms with Crippen LogP contribution in [0.3, 0.4) is 0 Å². The Balaban J connectivity index is 1.77. The van der Waals surface area contributed by atoms with E-state index in [1.165, 1.54) is 10.7 Å². The molecule has 2 N–H and O–H groups in total. The summed E-state index contributed by atoms with van der Waals surface area (Å²) in [6.45, 7) is 5.93. The van der Waals surface area contributed by atoms with Crippen molar-refractivity contribution in [2.24, 2.45) is 5.92 Å². The molecule has 0 spiro atoms. The van der Waals surface area contributed by atoms with Gasteiger partial charge in [0.2, 0.25) is 11.9 Å². The maximum Gasteiger partial charge on any atom is 0.250 e. The molecule has 0 aliphatic carbocycles. The summed E-state index contributed by atoms with van der Waals surface area (Å²) in [5.74, 6) is 0.137. The molecular formula is C23H23ClFN5O. The highest BCUT2D eigenvalue weighted by atomic mass is 35.5. The average molecular weight is 440 g/mol. The molecule has 2 heterocycles. The Hall–Kier alpha value is -3.19. The summed E-state index contributed by atoms with van der Waals surface area (Å²) < 4.78 is 16.3. The summed E-state index contributed by atoms with van der Waals surface area (Å²) in [5.41, 5.74) is 3.10. The predicted octanol–water partition coefficient (Wildman–Crippen LogP) is 5.42. The van der Waals surface area contributed by atoms with Crippen molar-refractivity contribution in [3.05, 3.63) is 76.1 Å². The van der Waals surface area contributed by atoms with Gasteiger partial charge in [-0.2, -0.15) is 4.98 Å². The molecule has 1 amide bonds. The highest BCUT2D eigenvalue weighted by molar-refractivity contribution is 6.31. The lowest BCUT2D eigenvalue weighted by molar-refractivity contribution is -0.116. The van der Waals surface area contributed by atoms with Crippen molar-refractivity contribution in [2.75, 3.05) is 10.6 Å². The number of aromatic nitrogens is 3. The monoisotopic (exact) mass is 439 g/mol. The lowest BCUT2D eigenvalue weighted by Gasteiger charge is -2.25. The minimum atomic E-state index is -0.635. The molecular weight excluding hydrogens is 417 g/mol. The summed E-state index contributed by atoms with van der Waals surface area (Å²) in [6, 6.07) is 11.9. The predicted molar refractivity (Wildman–Crippen MR) is 120 cm³/mol. The van der Waals surface area contributed by atoms with Crippen LogP contribution in [0.25, 0.3) is 5.70 Å². The fourth-order valence-corrected chi connectivity index (χ4v) is 3.77. The van der Waals surface area contributed by atoms with Gasteiger partial charge in [0.1, 0.15) is 11.9 Å². The number of halogens is 2. The van der Waals surface area contributed by atoms with Gasteiger partial charge in [0.25, 0.3) is 5.95 Å². The van der Waals surface area contributed by atoms with Crippen LogP contribution in [0.1, 0.15) is 43.0 Å². The first-order chi connectivity index (χ1) is 14.8. The first kappa shape index (κ1) is 21.1. The highest BCUT2D eigenvalue weighted by Crippen LogP contribution is 2.37. The van der Waals surface area contributed by atoms with E-state index in [9.17, 15) is 9.18 Å². The molecule has 0 radical (unpaired) electrons. The van der Waals surface area contributed by atoms with E-state index in [-0.39, 0.29) is 17.8 Å².